The Labute approximate surface area is 110 Å². The quantitative estimate of drug-likeness (QED) is 0.841. The van der Waals surface area contributed by atoms with Crippen molar-refractivity contribution in [3.8, 4) is 0 Å². The van der Waals surface area contributed by atoms with Gasteiger partial charge in [-0.2, -0.15) is 0 Å². The van der Waals surface area contributed by atoms with Gasteiger partial charge in [-0.1, -0.05) is 35.0 Å². The Morgan fingerprint density at radius 2 is 2.18 bits per heavy atom. The first kappa shape index (κ1) is 12.6. The maximum Gasteiger partial charge on any atom is 0.244 e. The van der Waals surface area contributed by atoms with E-state index in [9.17, 15) is 4.79 Å². The summed E-state index contributed by atoms with van der Waals surface area (Å²) in [4.78, 5) is 12.2. The molecule has 2 N–H and O–H groups in total. The molecule has 0 saturated heterocycles. The number of carbonyl (C=O) groups is 1. The van der Waals surface area contributed by atoms with Gasteiger partial charge in [0, 0.05) is 11.5 Å². The molecule has 0 aliphatic heterocycles. The number of carbonyl (C=O) groups excluding carboxylic acids is 1. The van der Waals surface area contributed by atoms with Crippen molar-refractivity contribution in [2.24, 2.45) is 5.92 Å². The van der Waals surface area contributed by atoms with E-state index in [1.165, 1.54) is 0 Å². The summed E-state index contributed by atoms with van der Waals surface area (Å²) < 4.78 is 1.02. The average Bonchev–Trinajstić information content (AvgIpc) is 2.24. The van der Waals surface area contributed by atoms with Gasteiger partial charge in [0.15, 0.2) is 0 Å². The van der Waals surface area contributed by atoms with Crippen molar-refractivity contribution < 1.29 is 4.79 Å². The second-order valence-corrected chi connectivity index (χ2v) is 5.73. The molecule has 2 rings (SSSR count). The second-order valence-electron chi connectivity index (χ2n) is 4.81. The third-order valence-corrected chi connectivity index (χ3v) is 3.94. The molecule has 92 valence electrons. The summed E-state index contributed by atoms with van der Waals surface area (Å²) in [6.07, 6.45) is 1.83. The van der Waals surface area contributed by atoms with Crippen LogP contribution >= 0.6 is 15.9 Å². The molecule has 1 amide bonds. The molecule has 0 spiro atoms. The van der Waals surface area contributed by atoms with Crippen LogP contribution in [0.25, 0.3) is 0 Å². The van der Waals surface area contributed by atoms with Crippen LogP contribution in [-0.4, -0.2) is 13.0 Å². The molecule has 0 bridgehead atoms. The van der Waals surface area contributed by atoms with E-state index in [0.29, 0.717) is 5.92 Å². The van der Waals surface area contributed by atoms with Gasteiger partial charge in [0.2, 0.25) is 5.91 Å². The van der Waals surface area contributed by atoms with Crippen LogP contribution in [0.4, 0.5) is 0 Å². The van der Waals surface area contributed by atoms with E-state index in [4.69, 9.17) is 0 Å². The Morgan fingerprint density at radius 1 is 1.47 bits per heavy atom. The zero-order chi connectivity index (χ0) is 12.5. The SMILES string of the molecule is CNNC(=O)C1(c2cccc(Br)c2)CC(C)C1. The summed E-state index contributed by atoms with van der Waals surface area (Å²) in [5, 5.41) is 0. The second kappa shape index (κ2) is 4.78. The molecule has 0 atom stereocenters. The van der Waals surface area contributed by atoms with Crippen molar-refractivity contribution in [3.63, 3.8) is 0 Å². The molecule has 0 aromatic heterocycles. The largest absolute Gasteiger partial charge is 0.291 e. The molecule has 1 aliphatic carbocycles. The van der Waals surface area contributed by atoms with Gasteiger partial charge in [-0.15, -0.1) is 0 Å². The fraction of sp³-hybridized carbons (Fsp3) is 0.462. The summed E-state index contributed by atoms with van der Waals surface area (Å²) >= 11 is 3.46. The van der Waals surface area contributed by atoms with Crippen LogP contribution in [0, 0.1) is 5.92 Å². The highest BCUT2D eigenvalue weighted by Gasteiger charge is 2.49. The van der Waals surface area contributed by atoms with Crippen LogP contribution in [-0.2, 0) is 10.2 Å². The maximum absolute atomic E-state index is 12.2. The van der Waals surface area contributed by atoms with Crippen molar-refractivity contribution >= 4 is 21.8 Å². The van der Waals surface area contributed by atoms with Crippen LogP contribution < -0.4 is 10.9 Å². The summed E-state index contributed by atoms with van der Waals surface area (Å²) in [6, 6.07) is 8.04. The van der Waals surface area contributed by atoms with Gasteiger partial charge in [0.05, 0.1) is 5.41 Å². The molecular weight excluding hydrogens is 280 g/mol. The van der Waals surface area contributed by atoms with Crippen LogP contribution in [0.5, 0.6) is 0 Å². The minimum atomic E-state index is -0.355. The van der Waals surface area contributed by atoms with Gasteiger partial charge >= 0.3 is 0 Å². The first-order valence-electron chi connectivity index (χ1n) is 5.82. The number of hydrogen-bond donors (Lipinski definition) is 2. The molecule has 1 aromatic carbocycles. The Hall–Kier alpha value is -0.870. The van der Waals surface area contributed by atoms with Gasteiger partial charge in [0.25, 0.3) is 0 Å². The maximum atomic E-state index is 12.2. The predicted molar refractivity (Wildman–Crippen MR) is 71.4 cm³/mol. The number of hydrazine groups is 1. The number of amides is 1. The summed E-state index contributed by atoms with van der Waals surface area (Å²) in [5.74, 6) is 0.674. The number of hydrogen-bond acceptors (Lipinski definition) is 2. The molecule has 3 nitrogen and oxygen atoms in total. The minimum Gasteiger partial charge on any atom is -0.291 e. The van der Waals surface area contributed by atoms with E-state index in [1.807, 2.05) is 24.3 Å². The highest BCUT2D eigenvalue weighted by Crippen LogP contribution is 2.48. The third-order valence-electron chi connectivity index (χ3n) is 3.44. The highest BCUT2D eigenvalue weighted by molar-refractivity contribution is 9.10. The first-order chi connectivity index (χ1) is 8.08. The summed E-state index contributed by atoms with van der Waals surface area (Å²) in [5.41, 5.74) is 6.19. The molecular formula is C13H17BrN2O. The predicted octanol–water partition coefficient (Wildman–Crippen LogP) is 2.37. The van der Waals surface area contributed by atoms with Crippen LogP contribution in [0.2, 0.25) is 0 Å². The van der Waals surface area contributed by atoms with E-state index < -0.39 is 0 Å². The number of nitrogens with one attached hydrogen (secondary N) is 2. The number of benzene rings is 1. The zero-order valence-corrected chi connectivity index (χ0v) is 11.7. The number of halogens is 1. The fourth-order valence-electron chi connectivity index (χ4n) is 2.70. The smallest absolute Gasteiger partial charge is 0.244 e. The van der Waals surface area contributed by atoms with E-state index >= 15 is 0 Å². The van der Waals surface area contributed by atoms with Gasteiger partial charge in [0.1, 0.15) is 0 Å². The van der Waals surface area contributed by atoms with Gasteiger partial charge in [-0.3, -0.25) is 10.2 Å². The van der Waals surface area contributed by atoms with Crippen molar-refractivity contribution in [2.75, 3.05) is 7.05 Å². The topological polar surface area (TPSA) is 41.1 Å². The molecule has 4 heteroatoms. The van der Waals surface area contributed by atoms with Gasteiger partial charge in [-0.05, 0) is 36.5 Å². The van der Waals surface area contributed by atoms with E-state index in [1.54, 1.807) is 7.05 Å². The Balaban J connectivity index is 2.32. The molecule has 0 unspecified atom stereocenters. The van der Waals surface area contributed by atoms with Gasteiger partial charge in [-0.25, -0.2) is 5.43 Å². The molecule has 1 saturated carbocycles. The van der Waals surface area contributed by atoms with Gasteiger partial charge < -0.3 is 0 Å². The molecule has 0 heterocycles. The molecule has 0 radical (unpaired) electrons. The van der Waals surface area contributed by atoms with Crippen molar-refractivity contribution in [1.82, 2.24) is 10.9 Å². The molecule has 1 aliphatic rings. The normalized spacial score (nSPS) is 27.4. The first-order valence-corrected chi connectivity index (χ1v) is 6.61. The molecule has 17 heavy (non-hydrogen) atoms. The Morgan fingerprint density at radius 3 is 2.71 bits per heavy atom. The van der Waals surface area contributed by atoms with Crippen LogP contribution in [0.1, 0.15) is 25.3 Å². The average molecular weight is 297 g/mol. The summed E-state index contributed by atoms with van der Waals surface area (Å²) in [6.45, 7) is 2.18. The van der Waals surface area contributed by atoms with E-state index in [0.717, 1.165) is 22.9 Å². The summed E-state index contributed by atoms with van der Waals surface area (Å²) in [7, 11) is 1.72. The minimum absolute atomic E-state index is 0.0659. The fourth-order valence-corrected chi connectivity index (χ4v) is 3.10. The highest BCUT2D eigenvalue weighted by atomic mass is 79.9. The monoisotopic (exact) mass is 296 g/mol. The van der Waals surface area contributed by atoms with Crippen molar-refractivity contribution in [1.29, 1.82) is 0 Å². The van der Waals surface area contributed by atoms with E-state index in [2.05, 4.69) is 33.7 Å². The van der Waals surface area contributed by atoms with Crippen LogP contribution in [0.3, 0.4) is 0 Å². The Bertz CT molecular complexity index is 427. The zero-order valence-electron chi connectivity index (χ0n) is 10.1. The van der Waals surface area contributed by atoms with Crippen LogP contribution in [0.15, 0.2) is 28.7 Å². The molecule has 1 aromatic rings. The molecule has 1 fully saturated rings. The lowest BCUT2D eigenvalue weighted by molar-refractivity contribution is -0.132. The third kappa shape index (κ3) is 2.24. The lowest BCUT2D eigenvalue weighted by atomic mass is 9.58. The van der Waals surface area contributed by atoms with Crippen molar-refractivity contribution in [3.05, 3.63) is 34.3 Å². The Kier molecular flexibility index (Phi) is 3.54. The van der Waals surface area contributed by atoms with E-state index in [-0.39, 0.29) is 11.3 Å². The lowest BCUT2D eigenvalue weighted by Gasteiger charge is -2.45. The standard InChI is InChI=1S/C13H17BrN2O/c1-9-7-13(8-9,12(17)16-15-2)10-4-3-5-11(14)6-10/h3-6,9,15H,7-8H2,1-2H3,(H,16,17). The lowest BCUT2D eigenvalue weighted by Crippen LogP contribution is -2.55. The van der Waals surface area contributed by atoms with Crippen molar-refractivity contribution in [2.45, 2.75) is 25.2 Å². The number of rotatable bonds is 3.